The van der Waals surface area contributed by atoms with Crippen LogP contribution < -0.4 is 5.56 Å². The van der Waals surface area contributed by atoms with E-state index in [-0.39, 0.29) is 11.2 Å². The Hall–Kier alpha value is -3.52. The van der Waals surface area contributed by atoms with E-state index in [9.17, 15) is 14.9 Å². The largest absolute Gasteiger partial charge is 0.457 e. The Morgan fingerprint density at radius 3 is 2.90 bits per heavy atom. The average Bonchev–Trinajstić information content (AvgIpc) is 3.37. The quantitative estimate of drug-likeness (QED) is 0.362. The van der Waals surface area contributed by atoms with Crippen molar-refractivity contribution in [1.29, 1.82) is 0 Å². The van der Waals surface area contributed by atoms with Crippen LogP contribution in [0.1, 0.15) is 34.9 Å². The summed E-state index contributed by atoms with van der Waals surface area (Å²) in [5.74, 6) is 1.56. The van der Waals surface area contributed by atoms with Crippen molar-refractivity contribution in [3.05, 3.63) is 78.9 Å². The number of non-ortho nitro benzene ring substituents is 1. The van der Waals surface area contributed by atoms with Gasteiger partial charge in [-0.3, -0.25) is 14.9 Å². The zero-order valence-corrected chi connectivity index (χ0v) is 16.7. The lowest BCUT2D eigenvalue weighted by Gasteiger charge is -2.09. The maximum absolute atomic E-state index is 12.6. The minimum absolute atomic E-state index is 0.00900. The summed E-state index contributed by atoms with van der Waals surface area (Å²) < 4.78 is 5.78. The number of H-pyrrole nitrogens is 1. The first kappa shape index (κ1) is 18.5. The molecule has 7 nitrogen and oxygen atoms in total. The van der Waals surface area contributed by atoms with E-state index in [1.54, 1.807) is 47.8 Å². The molecule has 0 aliphatic heterocycles. The van der Waals surface area contributed by atoms with Gasteiger partial charge in [0, 0.05) is 22.6 Å². The summed E-state index contributed by atoms with van der Waals surface area (Å²) in [6, 6.07) is 9.81. The number of nitrogens with one attached hydrogen (secondary N) is 1. The fourth-order valence-corrected chi connectivity index (χ4v) is 5.06. The Bertz CT molecular complexity index is 1360. The zero-order chi connectivity index (χ0) is 20.7. The number of aromatic nitrogens is 2. The van der Waals surface area contributed by atoms with Crippen molar-refractivity contribution in [3.63, 3.8) is 0 Å². The van der Waals surface area contributed by atoms with Crippen LogP contribution in [0.5, 0.6) is 0 Å². The van der Waals surface area contributed by atoms with Crippen molar-refractivity contribution < 1.29 is 9.34 Å². The van der Waals surface area contributed by atoms with Crippen molar-refractivity contribution in [2.45, 2.75) is 25.7 Å². The lowest BCUT2D eigenvalue weighted by molar-refractivity contribution is -0.384. The van der Waals surface area contributed by atoms with Crippen molar-refractivity contribution in [2.75, 3.05) is 0 Å². The first-order valence-electron chi connectivity index (χ1n) is 9.66. The van der Waals surface area contributed by atoms with E-state index in [0.29, 0.717) is 22.9 Å². The van der Waals surface area contributed by atoms with E-state index >= 15 is 0 Å². The standard InChI is InChI=1S/C22H17N3O4S/c26-21-20-16-6-1-2-7-18(16)30-22(20)24-19(23-21)11-9-15-8-10-17(29-15)13-4-3-5-14(12-13)25(27)28/h3-5,8-12H,1-2,6-7H2,(H,23,24,26). The first-order valence-corrected chi connectivity index (χ1v) is 10.5. The van der Waals surface area contributed by atoms with Crippen LogP contribution >= 0.6 is 11.3 Å². The minimum atomic E-state index is -0.437. The van der Waals surface area contributed by atoms with E-state index < -0.39 is 4.92 Å². The van der Waals surface area contributed by atoms with Crippen LogP contribution in [-0.4, -0.2) is 14.9 Å². The van der Waals surface area contributed by atoms with E-state index in [1.165, 1.54) is 17.0 Å². The highest BCUT2D eigenvalue weighted by molar-refractivity contribution is 7.18. The fraction of sp³-hybridized carbons (Fsp3) is 0.182. The summed E-state index contributed by atoms with van der Waals surface area (Å²) in [6.45, 7) is 0. The molecule has 3 aromatic heterocycles. The molecule has 1 aliphatic rings. The highest BCUT2D eigenvalue weighted by atomic mass is 32.1. The molecule has 0 saturated heterocycles. The van der Waals surface area contributed by atoms with Crippen LogP contribution in [0.2, 0.25) is 0 Å². The highest BCUT2D eigenvalue weighted by Crippen LogP contribution is 2.33. The number of rotatable bonds is 4. The summed E-state index contributed by atoms with van der Waals surface area (Å²) >= 11 is 1.61. The lowest BCUT2D eigenvalue weighted by Crippen LogP contribution is -2.11. The van der Waals surface area contributed by atoms with Gasteiger partial charge < -0.3 is 9.40 Å². The molecule has 150 valence electrons. The molecule has 0 amide bonds. The van der Waals surface area contributed by atoms with E-state index in [1.807, 2.05) is 0 Å². The van der Waals surface area contributed by atoms with E-state index in [0.717, 1.165) is 41.5 Å². The van der Waals surface area contributed by atoms with Crippen LogP contribution in [0, 0.1) is 10.1 Å². The second-order valence-corrected chi connectivity index (χ2v) is 8.27. The topological polar surface area (TPSA) is 102 Å². The van der Waals surface area contributed by atoms with Crippen LogP contribution in [0.15, 0.2) is 45.6 Å². The van der Waals surface area contributed by atoms with Gasteiger partial charge in [0.25, 0.3) is 11.2 Å². The number of aryl methyl sites for hydroxylation is 2. The Morgan fingerprint density at radius 1 is 1.17 bits per heavy atom. The van der Waals surface area contributed by atoms with Gasteiger partial charge in [-0.05, 0) is 55.5 Å². The number of hydrogen-bond donors (Lipinski definition) is 1. The van der Waals surface area contributed by atoms with Gasteiger partial charge in [-0.25, -0.2) is 4.98 Å². The highest BCUT2D eigenvalue weighted by Gasteiger charge is 2.19. The molecule has 8 heteroatoms. The molecule has 1 aromatic carbocycles. The van der Waals surface area contributed by atoms with Crippen LogP contribution in [0.3, 0.4) is 0 Å². The van der Waals surface area contributed by atoms with Gasteiger partial charge in [-0.15, -0.1) is 11.3 Å². The number of thiophene rings is 1. The summed E-state index contributed by atoms with van der Waals surface area (Å²) in [7, 11) is 0. The predicted octanol–water partition coefficient (Wildman–Crippen LogP) is 5.20. The number of furan rings is 1. The van der Waals surface area contributed by atoms with Gasteiger partial charge in [-0.1, -0.05) is 12.1 Å². The third-order valence-corrected chi connectivity index (χ3v) is 6.40. The lowest BCUT2D eigenvalue weighted by atomic mass is 9.97. The molecule has 0 unspecified atom stereocenters. The van der Waals surface area contributed by atoms with E-state index in [2.05, 4.69) is 9.97 Å². The van der Waals surface area contributed by atoms with Crippen molar-refractivity contribution in [2.24, 2.45) is 0 Å². The Kier molecular flexibility index (Phi) is 4.55. The fourth-order valence-electron chi connectivity index (χ4n) is 3.79. The Balaban J connectivity index is 1.43. The molecule has 0 spiro atoms. The molecule has 1 N–H and O–H groups in total. The molecular weight excluding hydrogens is 402 g/mol. The average molecular weight is 419 g/mol. The molecule has 0 radical (unpaired) electrons. The van der Waals surface area contributed by atoms with Crippen LogP contribution in [-0.2, 0) is 12.8 Å². The Morgan fingerprint density at radius 2 is 2.03 bits per heavy atom. The molecule has 3 heterocycles. The maximum atomic E-state index is 12.6. The zero-order valence-electron chi connectivity index (χ0n) is 15.9. The molecular formula is C22H17N3O4S. The minimum Gasteiger partial charge on any atom is -0.457 e. The summed E-state index contributed by atoms with van der Waals surface area (Å²) in [5.41, 5.74) is 1.70. The third-order valence-electron chi connectivity index (χ3n) is 5.22. The smallest absolute Gasteiger partial charge is 0.270 e. The third kappa shape index (κ3) is 3.35. The summed E-state index contributed by atoms with van der Waals surface area (Å²) in [6.07, 6.45) is 7.67. The van der Waals surface area contributed by atoms with Crippen LogP contribution in [0.25, 0.3) is 33.7 Å². The number of fused-ring (bicyclic) bond motifs is 3. The van der Waals surface area contributed by atoms with Gasteiger partial charge >= 0.3 is 0 Å². The van der Waals surface area contributed by atoms with Gasteiger partial charge in [-0.2, -0.15) is 0 Å². The number of aromatic amines is 1. The number of nitro benzene ring substituents is 1. The van der Waals surface area contributed by atoms with Gasteiger partial charge in [0.15, 0.2) is 0 Å². The maximum Gasteiger partial charge on any atom is 0.270 e. The van der Waals surface area contributed by atoms with Gasteiger partial charge in [0.1, 0.15) is 22.2 Å². The second-order valence-electron chi connectivity index (χ2n) is 7.19. The number of nitrogens with zero attached hydrogens (tertiary/aromatic N) is 2. The van der Waals surface area contributed by atoms with Crippen LogP contribution in [0.4, 0.5) is 5.69 Å². The molecule has 0 atom stereocenters. The molecule has 0 bridgehead atoms. The second kappa shape index (κ2) is 7.38. The van der Waals surface area contributed by atoms with E-state index in [4.69, 9.17) is 4.42 Å². The van der Waals surface area contributed by atoms with Gasteiger partial charge in [0.2, 0.25) is 0 Å². The number of benzene rings is 1. The normalized spacial score (nSPS) is 13.7. The van der Waals surface area contributed by atoms with Crippen molar-refractivity contribution >= 4 is 39.4 Å². The monoisotopic (exact) mass is 419 g/mol. The summed E-state index contributed by atoms with van der Waals surface area (Å²) in [5, 5.41) is 11.7. The van der Waals surface area contributed by atoms with Crippen molar-refractivity contribution in [3.8, 4) is 11.3 Å². The SMILES string of the molecule is O=c1[nH]c(C=Cc2ccc(-c3cccc([N+](=O)[O-])c3)o2)nc2sc3c(c12)CCCC3. The summed E-state index contributed by atoms with van der Waals surface area (Å²) in [4.78, 5) is 32.7. The van der Waals surface area contributed by atoms with Gasteiger partial charge in [0.05, 0.1) is 10.3 Å². The molecule has 0 saturated carbocycles. The first-order chi connectivity index (χ1) is 14.6. The number of hydrogen-bond acceptors (Lipinski definition) is 6. The molecule has 5 rings (SSSR count). The predicted molar refractivity (Wildman–Crippen MR) is 117 cm³/mol. The molecule has 30 heavy (non-hydrogen) atoms. The molecule has 0 fully saturated rings. The molecule has 1 aliphatic carbocycles. The molecule has 4 aromatic rings. The number of nitro groups is 1. The van der Waals surface area contributed by atoms with Crippen molar-refractivity contribution in [1.82, 2.24) is 9.97 Å². The Labute approximate surface area is 174 Å².